The van der Waals surface area contributed by atoms with Gasteiger partial charge in [-0.25, -0.2) is 8.42 Å². The minimum atomic E-state index is -3.61. The molecule has 0 bridgehead atoms. The van der Waals surface area contributed by atoms with Gasteiger partial charge in [0.25, 0.3) is 0 Å². The van der Waals surface area contributed by atoms with Crippen LogP contribution in [0.15, 0.2) is 47.4 Å². The Hall–Kier alpha value is -2.58. The predicted molar refractivity (Wildman–Crippen MR) is 120 cm³/mol. The number of ether oxygens (including phenoxy) is 2. The second-order valence-corrected chi connectivity index (χ2v) is 9.57. The van der Waals surface area contributed by atoms with Gasteiger partial charge in [0.2, 0.25) is 15.9 Å². The van der Waals surface area contributed by atoms with E-state index < -0.39 is 10.0 Å². The van der Waals surface area contributed by atoms with Crippen LogP contribution in [0.3, 0.4) is 0 Å². The Bertz CT molecular complexity index is 1010. The van der Waals surface area contributed by atoms with Crippen molar-refractivity contribution in [3.63, 3.8) is 0 Å². The number of anilines is 1. The number of rotatable bonds is 7. The van der Waals surface area contributed by atoms with Crippen LogP contribution in [0, 0.1) is 12.8 Å². The topological polar surface area (TPSA) is 76.2 Å². The Morgan fingerprint density at radius 2 is 1.77 bits per heavy atom. The third-order valence-electron chi connectivity index (χ3n) is 5.68. The van der Waals surface area contributed by atoms with Gasteiger partial charge in [0, 0.05) is 31.7 Å². The standard InChI is InChI=1S/C23H30N2O5S/c1-5-30-22-11-10-21(16-17(22)2)31(27,28)25-14-12-18(13-15-25)23(26)24(3)19-6-8-20(29-4)9-7-19/h6-11,16,18H,5,12-15H2,1-4H3. The van der Waals surface area contributed by atoms with Crippen molar-refractivity contribution in [2.45, 2.75) is 31.6 Å². The van der Waals surface area contributed by atoms with Crippen molar-refractivity contribution >= 4 is 21.6 Å². The smallest absolute Gasteiger partial charge is 0.243 e. The maximum absolute atomic E-state index is 13.1. The monoisotopic (exact) mass is 446 g/mol. The Balaban J connectivity index is 1.65. The lowest BCUT2D eigenvalue weighted by atomic mass is 9.96. The van der Waals surface area contributed by atoms with Crippen molar-refractivity contribution in [1.29, 1.82) is 0 Å². The summed E-state index contributed by atoms with van der Waals surface area (Å²) in [5.74, 6) is 1.21. The summed E-state index contributed by atoms with van der Waals surface area (Å²) in [6, 6.07) is 12.2. The molecule has 31 heavy (non-hydrogen) atoms. The van der Waals surface area contributed by atoms with E-state index in [2.05, 4.69) is 0 Å². The van der Waals surface area contributed by atoms with Gasteiger partial charge in [-0.1, -0.05) is 0 Å². The fourth-order valence-electron chi connectivity index (χ4n) is 3.80. The normalized spacial score (nSPS) is 15.5. The summed E-state index contributed by atoms with van der Waals surface area (Å²) in [5, 5.41) is 0. The van der Waals surface area contributed by atoms with E-state index in [9.17, 15) is 13.2 Å². The van der Waals surface area contributed by atoms with Gasteiger partial charge in [0.05, 0.1) is 18.6 Å². The van der Waals surface area contributed by atoms with Gasteiger partial charge in [0.15, 0.2) is 0 Å². The van der Waals surface area contributed by atoms with Gasteiger partial charge in [-0.2, -0.15) is 4.31 Å². The number of hydrogen-bond donors (Lipinski definition) is 0. The lowest BCUT2D eigenvalue weighted by Crippen LogP contribution is -2.43. The summed E-state index contributed by atoms with van der Waals surface area (Å²) in [4.78, 5) is 14.8. The van der Waals surface area contributed by atoms with Crippen molar-refractivity contribution in [2.24, 2.45) is 5.92 Å². The van der Waals surface area contributed by atoms with E-state index in [0.29, 0.717) is 38.3 Å². The predicted octanol–water partition coefficient (Wildman–Crippen LogP) is 3.47. The van der Waals surface area contributed by atoms with E-state index >= 15 is 0 Å². The largest absolute Gasteiger partial charge is 0.497 e. The molecule has 2 aromatic carbocycles. The molecule has 7 nitrogen and oxygen atoms in total. The number of sulfonamides is 1. The Morgan fingerprint density at radius 3 is 2.32 bits per heavy atom. The van der Waals surface area contributed by atoms with Gasteiger partial charge in [-0.05, 0) is 74.7 Å². The van der Waals surface area contributed by atoms with Gasteiger partial charge in [0.1, 0.15) is 11.5 Å². The van der Waals surface area contributed by atoms with Crippen molar-refractivity contribution in [3.8, 4) is 11.5 Å². The molecule has 1 saturated heterocycles. The number of methoxy groups -OCH3 is 1. The maximum Gasteiger partial charge on any atom is 0.243 e. The summed E-state index contributed by atoms with van der Waals surface area (Å²) in [6.45, 7) is 4.90. The zero-order valence-corrected chi connectivity index (χ0v) is 19.3. The van der Waals surface area contributed by atoms with E-state index in [0.717, 1.165) is 17.0 Å². The van der Waals surface area contributed by atoms with Gasteiger partial charge in [-0.3, -0.25) is 4.79 Å². The molecule has 1 amide bonds. The molecule has 0 atom stereocenters. The summed E-state index contributed by atoms with van der Waals surface area (Å²) in [6.07, 6.45) is 0.989. The quantitative estimate of drug-likeness (QED) is 0.651. The van der Waals surface area contributed by atoms with Crippen LogP contribution in [-0.4, -0.2) is 52.5 Å². The van der Waals surface area contributed by atoms with Crippen molar-refractivity contribution in [3.05, 3.63) is 48.0 Å². The SMILES string of the molecule is CCOc1ccc(S(=O)(=O)N2CCC(C(=O)N(C)c3ccc(OC)cc3)CC2)cc1C. The van der Waals surface area contributed by atoms with Crippen LogP contribution in [-0.2, 0) is 14.8 Å². The van der Waals surface area contributed by atoms with Crippen LogP contribution in [0.4, 0.5) is 5.69 Å². The van der Waals surface area contributed by atoms with Crippen LogP contribution in [0.2, 0.25) is 0 Å². The first-order valence-corrected chi connectivity index (χ1v) is 11.9. The molecule has 0 radical (unpaired) electrons. The molecular formula is C23H30N2O5S. The molecule has 0 saturated carbocycles. The first-order valence-electron chi connectivity index (χ1n) is 10.4. The van der Waals surface area contributed by atoms with Crippen molar-refractivity contribution in [2.75, 3.05) is 38.8 Å². The molecule has 0 aromatic heterocycles. The highest BCUT2D eigenvalue weighted by atomic mass is 32.2. The van der Waals surface area contributed by atoms with E-state index in [-0.39, 0.29) is 16.7 Å². The number of nitrogens with zero attached hydrogens (tertiary/aromatic N) is 2. The average Bonchev–Trinajstić information content (AvgIpc) is 2.79. The summed E-state index contributed by atoms with van der Waals surface area (Å²) in [7, 11) is -0.263. The number of carbonyl (C=O) groups excluding carboxylic acids is 1. The van der Waals surface area contributed by atoms with Gasteiger partial charge in [-0.15, -0.1) is 0 Å². The summed E-state index contributed by atoms with van der Waals surface area (Å²) < 4.78 is 38.3. The number of aryl methyl sites for hydroxylation is 1. The van der Waals surface area contributed by atoms with E-state index in [1.807, 2.05) is 38.1 Å². The van der Waals surface area contributed by atoms with Crippen LogP contribution < -0.4 is 14.4 Å². The summed E-state index contributed by atoms with van der Waals surface area (Å²) >= 11 is 0. The summed E-state index contributed by atoms with van der Waals surface area (Å²) in [5.41, 5.74) is 1.57. The van der Waals surface area contributed by atoms with Crippen molar-refractivity contribution < 1.29 is 22.7 Å². The molecule has 1 heterocycles. The Morgan fingerprint density at radius 1 is 1.13 bits per heavy atom. The highest BCUT2D eigenvalue weighted by Crippen LogP contribution is 2.29. The number of carbonyl (C=O) groups is 1. The maximum atomic E-state index is 13.1. The van der Waals surface area contributed by atoms with Crippen molar-refractivity contribution in [1.82, 2.24) is 4.31 Å². The first-order chi connectivity index (χ1) is 14.8. The second kappa shape index (κ2) is 9.70. The van der Waals surface area contributed by atoms with E-state index in [1.165, 1.54) is 4.31 Å². The molecular weight excluding hydrogens is 416 g/mol. The van der Waals surface area contributed by atoms with Crippen LogP contribution in [0.25, 0.3) is 0 Å². The zero-order valence-electron chi connectivity index (χ0n) is 18.5. The molecule has 1 aliphatic heterocycles. The molecule has 8 heteroatoms. The van der Waals surface area contributed by atoms with E-state index in [1.54, 1.807) is 37.3 Å². The minimum Gasteiger partial charge on any atom is -0.497 e. The lowest BCUT2D eigenvalue weighted by molar-refractivity contribution is -0.123. The first kappa shape index (κ1) is 23.1. The molecule has 0 N–H and O–H groups in total. The molecule has 168 valence electrons. The lowest BCUT2D eigenvalue weighted by Gasteiger charge is -2.32. The Labute approximate surface area is 184 Å². The molecule has 3 rings (SSSR count). The fourth-order valence-corrected chi connectivity index (χ4v) is 5.35. The molecule has 2 aromatic rings. The van der Waals surface area contributed by atoms with Gasteiger partial charge < -0.3 is 14.4 Å². The second-order valence-electron chi connectivity index (χ2n) is 7.63. The zero-order chi connectivity index (χ0) is 22.6. The molecule has 0 unspecified atom stereocenters. The molecule has 0 aliphatic carbocycles. The minimum absolute atomic E-state index is 0.000809. The average molecular weight is 447 g/mol. The molecule has 1 aliphatic rings. The molecule has 0 spiro atoms. The van der Waals surface area contributed by atoms with Crippen LogP contribution >= 0.6 is 0 Å². The fraction of sp³-hybridized carbons (Fsp3) is 0.435. The van der Waals surface area contributed by atoms with Crippen LogP contribution in [0.1, 0.15) is 25.3 Å². The highest BCUT2D eigenvalue weighted by molar-refractivity contribution is 7.89. The third-order valence-corrected chi connectivity index (χ3v) is 7.57. The highest BCUT2D eigenvalue weighted by Gasteiger charge is 2.33. The third kappa shape index (κ3) is 5.02. The number of hydrogen-bond acceptors (Lipinski definition) is 5. The molecule has 1 fully saturated rings. The number of amides is 1. The van der Waals surface area contributed by atoms with Gasteiger partial charge >= 0.3 is 0 Å². The Kier molecular flexibility index (Phi) is 7.23. The number of benzene rings is 2. The van der Waals surface area contributed by atoms with Crippen LogP contribution in [0.5, 0.6) is 11.5 Å². The van der Waals surface area contributed by atoms with E-state index in [4.69, 9.17) is 9.47 Å². The number of piperidine rings is 1.